The number of hydrogen-bond acceptors (Lipinski definition) is 5. The van der Waals surface area contributed by atoms with Crippen molar-refractivity contribution in [1.82, 2.24) is 15.5 Å². The number of Topliss-reactive ketones (excluding diaryl/α,β-unsaturated/α-hetero) is 1. The van der Waals surface area contributed by atoms with Crippen molar-refractivity contribution in [1.29, 1.82) is 0 Å². The van der Waals surface area contributed by atoms with Crippen LogP contribution in [-0.2, 0) is 16.0 Å². The highest BCUT2D eigenvalue weighted by Gasteiger charge is 2.33. The zero-order chi connectivity index (χ0) is 27.5. The lowest BCUT2D eigenvalue weighted by atomic mass is 9.98. The van der Waals surface area contributed by atoms with E-state index in [1.54, 1.807) is 31.4 Å². The van der Waals surface area contributed by atoms with Crippen LogP contribution in [0.3, 0.4) is 0 Å². The van der Waals surface area contributed by atoms with Crippen LogP contribution in [0.5, 0.6) is 5.75 Å². The lowest BCUT2D eigenvalue weighted by molar-refractivity contribution is -0.133. The molecule has 1 fully saturated rings. The first-order valence-electron chi connectivity index (χ1n) is 13.1. The summed E-state index contributed by atoms with van der Waals surface area (Å²) >= 11 is 2.15. The summed E-state index contributed by atoms with van der Waals surface area (Å²) in [7, 11) is 1.57. The van der Waals surface area contributed by atoms with Crippen molar-refractivity contribution in [3.63, 3.8) is 0 Å². The number of benzene rings is 2. The molecule has 1 saturated heterocycles. The number of carbonyl (C=O) groups excluding carboxylic acids is 3. The number of halogens is 1. The van der Waals surface area contributed by atoms with E-state index in [1.165, 1.54) is 0 Å². The zero-order valence-electron chi connectivity index (χ0n) is 22.4. The lowest BCUT2D eigenvalue weighted by Crippen LogP contribution is -2.57. The monoisotopic (exact) mass is 631 g/mol. The van der Waals surface area contributed by atoms with Gasteiger partial charge < -0.3 is 15.4 Å². The van der Waals surface area contributed by atoms with E-state index in [4.69, 9.17) is 4.74 Å². The molecular formula is C30H38IN3O4. The smallest absolute Gasteiger partial charge is 0.243 e. The molecule has 2 amide bonds. The zero-order valence-corrected chi connectivity index (χ0v) is 24.5. The molecule has 38 heavy (non-hydrogen) atoms. The van der Waals surface area contributed by atoms with Gasteiger partial charge >= 0.3 is 0 Å². The van der Waals surface area contributed by atoms with E-state index in [0.717, 1.165) is 18.4 Å². The summed E-state index contributed by atoms with van der Waals surface area (Å²) < 4.78 is 7.15. The summed E-state index contributed by atoms with van der Waals surface area (Å²) in [5, 5.41) is 6.13. The second-order valence-electron chi connectivity index (χ2n) is 9.98. The Kier molecular flexibility index (Phi) is 11.8. The minimum atomic E-state index is -0.730. The van der Waals surface area contributed by atoms with Crippen LogP contribution in [0, 0.1) is 5.92 Å². The second-order valence-corrected chi connectivity index (χ2v) is 10.7. The van der Waals surface area contributed by atoms with E-state index in [-0.39, 0.29) is 36.1 Å². The quantitative estimate of drug-likeness (QED) is 0.265. The summed E-state index contributed by atoms with van der Waals surface area (Å²) in [5.41, 5.74) is 1.52. The molecule has 1 aliphatic rings. The predicted molar refractivity (Wildman–Crippen MR) is 159 cm³/mol. The Morgan fingerprint density at radius 3 is 2.53 bits per heavy atom. The summed E-state index contributed by atoms with van der Waals surface area (Å²) in [6, 6.07) is 15.4. The van der Waals surface area contributed by atoms with Gasteiger partial charge in [-0.25, -0.2) is 0 Å². The lowest BCUT2D eigenvalue weighted by Gasteiger charge is -2.35. The third-order valence-corrected chi connectivity index (χ3v) is 7.29. The molecule has 1 unspecified atom stereocenters. The van der Waals surface area contributed by atoms with Crippen LogP contribution >= 0.6 is 22.6 Å². The van der Waals surface area contributed by atoms with Crippen molar-refractivity contribution in [2.75, 3.05) is 20.2 Å². The average Bonchev–Trinajstić information content (AvgIpc) is 2.93. The predicted octanol–water partition coefficient (Wildman–Crippen LogP) is 4.55. The summed E-state index contributed by atoms with van der Waals surface area (Å²) in [6.07, 6.45) is 4.79. The molecule has 0 aliphatic carbocycles. The summed E-state index contributed by atoms with van der Waals surface area (Å²) in [4.78, 5) is 42.0. The van der Waals surface area contributed by atoms with Gasteiger partial charge in [0.2, 0.25) is 11.8 Å². The number of amides is 2. The highest BCUT2D eigenvalue weighted by molar-refractivity contribution is 14.1. The Balaban J connectivity index is 1.75. The molecule has 0 aromatic heterocycles. The van der Waals surface area contributed by atoms with E-state index in [1.807, 2.05) is 59.2 Å². The van der Waals surface area contributed by atoms with Crippen molar-refractivity contribution < 1.29 is 19.1 Å². The van der Waals surface area contributed by atoms with E-state index < -0.39 is 12.1 Å². The molecule has 7 nitrogen and oxygen atoms in total. The molecule has 3 rings (SSSR count). The average molecular weight is 632 g/mol. The number of piperidine rings is 1. The number of hydrogen-bond donors (Lipinski definition) is 2. The van der Waals surface area contributed by atoms with Gasteiger partial charge in [-0.05, 0) is 47.1 Å². The van der Waals surface area contributed by atoms with Gasteiger partial charge in [-0.3, -0.25) is 19.3 Å². The number of rotatable bonds is 12. The number of nitrogens with one attached hydrogen (secondary N) is 2. The van der Waals surface area contributed by atoms with Crippen LogP contribution < -0.4 is 15.4 Å². The first kappa shape index (κ1) is 29.8. The topological polar surface area (TPSA) is 87.7 Å². The van der Waals surface area contributed by atoms with Gasteiger partial charge in [0.25, 0.3) is 0 Å². The highest BCUT2D eigenvalue weighted by Crippen LogP contribution is 2.20. The van der Waals surface area contributed by atoms with Gasteiger partial charge in [-0.2, -0.15) is 0 Å². The molecule has 2 N–H and O–H groups in total. The normalized spacial score (nSPS) is 17.7. The fourth-order valence-corrected chi connectivity index (χ4v) is 5.10. The van der Waals surface area contributed by atoms with E-state index >= 15 is 0 Å². The number of nitrogens with zero attached hydrogens (tertiary/aromatic N) is 1. The molecule has 0 saturated carbocycles. The Bertz CT molecular complexity index is 1110. The Morgan fingerprint density at radius 2 is 1.84 bits per heavy atom. The molecule has 1 aliphatic heterocycles. The Hall–Kier alpha value is -2.72. The standard InChI is InChI=1S/C30H38IN3O4/c1-21(2)25(15-16-31)32-29(36)26(18-22-10-5-4-6-11-22)33-30(37)27-14-7-8-17-34(27)20-28(35)23-12-9-13-24(19-23)38-3/h4-6,9-13,15-16,19,21,25-27H,7-8,14,17-18,20H2,1-3H3,(H,32,36)(H,33,37)/b16-15+/t25-,26+,27?/m1/s1. The maximum absolute atomic E-state index is 13.6. The van der Waals surface area contributed by atoms with E-state index in [0.29, 0.717) is 30.7 Å². The molecule has 0 spiro atoms. The molecule has 0 bridgehead atoms. The van der Waals surface area contributed by atoms with E-state index in [2.05, 4.69) is 33.2 Å². The van der Waals surface area contributed by atoms with Crippen molar-refractivity contribution in [3.8, 4) is 5.75 Å². The van der Waals surface area contributed by atoms with E-state index in [9.17, 15) is 14.4 Å². The fraction of sp³-hybridized carbons (Fsp3) is 0.433. The van der Waals surface area contributed by atoms with Crippen molar-refractivity contribution in [2.45, 2.75) is 57.7 Å². The number of methoxy groups -OCH3 is 1. The van der Waals surface area contributed by atoms with Crippen molar-refractivity contribution in [3.05, 3.63) is 75.9 Å². The number of ketones is 1. The van der Waals surface area contributed by atoms with Crippen molar-refractivity contribution in [2.24, 2.45) is 5.92 Å². The first-order valence-corrected chi connectivity index (χ1v) is 14.4. The molecule has 3 atom stereocenters. The SMILES string of the molecule is COc1cccc(C(=O)CN2CCCCC2C(=O)N[C@@H](Cc2ccccc2)C(=O)N[C@H](/C=C/I)C(C)C)c1. The van der Waals surface area contributed by atoms with Crippen LogP contribution in [-0.4, -0.2) is 60.8 Å². The van der Waals surface area contributed by atoms with Crippen molar-refractivity contribution >= 4 is 40.2 Å². The van der Waals surface area contributed by atoms with Crippen LogP contribution in [0.15, 0.2) is 64.8 Å². The second kappa shape index (κ2) is 15.0. The molecular weight excluding hydrogens is 593 g/mol. The van der Waals surface area contributed by atoms with Gasteiger partial charge in [0, 0.05) is 12.0 Å². The largest absolute Gasteiger partial charge is 0.497 e. The fourth-order valence-electron chi connectivity index (χ4n) is 4.66. The number of ether oxygens (including phenoxy) is 1. The number of likely N-dealkylation sites (tertiary alicyclic amines) is 1. The minimum absolute atomic E-state index is 0.0625. The molecule has 204 valence electrons. The molecule has 0 radical (unpaired) electrons. The Labute approximate surface area is 239 Å². The third-order valence-electron chi connectivity index (χ3n) is 6.88. The minimum Gasteiger partial charge on any atom is -0.497 e. The molecule has 1 heterocycles. The van der Waals surface area contributed by atoms with Crippen LogP contribution in [0.25, 0.3) is 0 Å². The van der Waals surface area contributed by atoms with Gasteiger partial charge in [0.1, 0.15) is 11.8 Å². The van der Waals surface area contributed by atoms with Crippen LogP contribution in [0.4, 0.5) is 0 Å². The summed E-state index contributed by atoms with van der Waals surface area (Å²) in [6.45, 7) is 4.88. The third kappa shape index (κ3) is 8.66. The van der Waals surface area contributed by atoms with Gasteiger partial charge in [0.15, 0.2) is 5.78 Å². The maximum atomic E-state index is 13.6. The molecule has 8 heteroatoms. The summed E-state index contributed by atoms with van der Waals surface area (Å²) in [5.74, 6) is 0.327. The van der Waals surface area contributed by atoms with Gasteiger partial charge in [-0.1, -0.05) is 91.4 Å². The van der Waals surface area contributed by atoms with Gasteiger partial charge in [0.05, 0.1) is 25.7 Å². The van der Waals surface area contributed by atoms with Crippen LogP contribution in [0.1, 0.15) is 49.0 Å². The maximum Gasteiger partial charge on any atom is 0.243 e. The van der Waals surface area contributed by atoms with Crippen LogP contribution in [0.2, 0.25) is 0 Å². The highest BCUT2D eigenvalue weighted by atomic mass is 127. The van der Waals surface area contributed by atoms with Gasteiger partial charge in [-0.15, -0.1) is 0 Å². The first-order chi connectivity index (χ1) is 18.3. The number of carbonyl (C=O) groups is 3. The molecule has 2 aromatic rings. The molecule has 2 aromatic carbocycles. The Morgan fingerprint density at radius 1 is 1.08 bits per heavy atom.